The Morgan fingerprint density at radius 3 is 2.11 bits per heavy atom. The van der Waals surface area contributed by atoms with Crippen molar-refractivity contribution in [2.45, 2.75) is 179 Å². The van der Waals surface area contributed by atoms with Crippen LogP contribution in [0.3, 0.4) is 0 Å². The molecule has 0 amide bonds. The lowest BCUT2D eigenvalue weighted by Crippen LogP contribution is -2.50. The van der Waals surface area contributed by atoms with Crippen LogP contribution in [0.5, 0.6) is 0 Å². The molecule has 0 radical (unpaired) electrons. The predicted octanol–water partition coefficient (Wildman–Crippen LogP) is 10.6. The number of halogens is 1. The van der Waals surface area contributed by atoms with Gasteiger partial charge in [0.15, 0.2) is 11.6 Å². The first-order valence-electron chi connectivity index (χ1n) is 22.2. The number of phosphoric ester groups is 1. The van der Waals surface area contributed by atoms with E-state index in [1.54, 1.807) is 26.0 Å². The molecule has 1 saturated heterocycles. The molecule has 1 fully saturated rings. The molecule has 3 heterocycles. The van der Waals surface area contributed by atoms with Crippen molar-refractivity contribution in [2.75, 3.05) is 26.1 Å². The van der Waals surface area contributed by atoms with Gasteiger partial charge in [0.1, 0.15) is 42.5 Å². The van der Waals surface area contributed by atoms with Crippen LogP contribution in [0.1, 0.15) is 166 Å². The summed E-state index contributed by atoms with van der Waals surface area (Å²) in [5.74, 6) is -1.52. The van der Waals surface area contributed by atoms with Gasteiger partial charge in [-0.05, 0) is 56.2 Å². The number of rotatable bonds is 31. The molecule has 1 unspecified atom stereocenters. The summed E-state index contributed by atoms with van der Waals surface area (Å²) in [5.41, 5.74) is 5.71. The minimum atomic E-state index is -4.81. The van der Waals surface area contributed by atoms with Crippen LogP contribution in [-0.2, 0) is 39.2 Å². The molecule has 0 bridgehead atoms. The summed E-state index contributed by atoms with van der Waals surface area (Å²) in [6.07, 6.45) is 21.6. The number of phosphoric acid groups is 1. The van der Waals surface area contributed by atoms with Crippen molar-refractivity contribution in [1.82, 2.24) is 14.6 Å². The molecule has 2 aromatic heterocycles. The highest BCUT2D eigenvalue weighted by atomic mass is 31.2. The Kier molecular flexibility index (Phi) is 21.0. The van der Waals surface area contributed by atoms with Crippen molar-refractivity contribution in [2.24, 2.45) is 0 Å². The SMILES string of the molecule is CCCCCCCCCCCCCCCCCCCC[C@@H](COP(=O)(O)OC[C@@](C#N)(OC)[C@H]1OC(C)(C)O[C@H]1c1ccc2c(N)ncnn12)OCc1cc(F)cc(C#N)c1. The van der Waals surface area contributed by atoms with E-state index in [9.17, 15) is 24.4 Å². The van der Waals surface area contributed by atoms with Crippen LogP contribution in [0.2, 0.25) is 0 Å². The van der Waals surface area contributed by atoms with E-state index in [1.165, 1.54) is 120 Å². The molecule has 0 spiro atoms. The highest BCUT2D eigenvalue weighted by molar-refractivity contribution is 7.47. The Morgan fingerprint density at radius 1 is 0.934 bits per heavy atom. The first-order valence-corrected chi connectivity index (χ1v) is 23.7. The largest absolute Gasteiger partial charge is 0.472 e. The third-order valence-corrected chi connectivity index (χ3v) is 12.2. The van der Waals surface area contributed by atoms with E-state index >= 15 is 0 Å². The Morgan fingerprint density at radius 2 is 1.54 bits per heavy atom. The minimum absolute atomic E-state index is 0.0432. The lowest BCUT2D eigenvalue weighted by molar-refractivity contribution is -0.171. The first-order chi connectivity index (χ1) is 29.4. The monoisotopic (exact) mass is 870 g/mol. The smallest absolute Gasteiger partial charge is 0.382 e. The Labute approximate surface area is 361 Å². The predicted molar refractivity (Wildman–Crippen MR) is 230 cm³/mol. The highest BCUT2D eigenvalue weighted by Crippen LogP contribution is 2.48. The van der Waals surface area contributed by atoms with E-state index in [1.807, 2.05) is 6.07 Å². The minimum Gasteiger partial charge on any atom is -0.382 e. The van der Waals surface area contributed by atoms with E-state index in [0.717, 1.165) is 31.7 Å². The number of hydrogen-bond acceptors (Lipinski definition) is 12. The van der Waals surface area contributed by atoms with Crippen LogP contribution >= 0.6 is 7.82 Å². The van der Waals surface area contributed by atoms with Crippen LogP contribution in [-0.4, -0.2) is 63.4 Å². The second-order valence-electron chi connectivity index (χ2n) is 16.6. The Balaban J connectivity index is 1.26. The molecule has 3 aromatic rings. The number of aromatic nitrogens is 3. The lowest BCUT2D eigenvalue weighted by atomic mass is 9.93. The first kappa shape index (κ1) is 50.1. The van der Waals surface area contributed by atoms with Crippen LogP contribution < -0.4 is 5.73 Å². The molecule has 1 aliphatic heterocycles. The van der Waals surface area contributed by atoms with Gasteiger partial charge in [0, 0.05) is 7.11 Å². The van der Waals surface area contributed by atoms with E-state index in [-0.39, 0.29) is 24.6 Å². The number of nitrogens with two attached hydrogens (primary N) is 1. The summed E-state index contributed by atoms with van der Waals surface area (Å²) in [4.78, 5) is 14.9. The zero-order valence-corrected chi connectivity index (χ0v) is 37.6. The number of ether oxygens (including phenoxy) is 4. The Bertz CT molecular complexity index is 1900. The summed E-state index contributed by atoms with van der Waals surface area (Å²) in [5, 5.41) is 24.1. The topological polar surface area (TPSA) is 196 Å². The maximum atomic E-state index is 14.2. The number of nitriles is 2. The van der Waals surface area contributed by atoms with Crippen molar-refractivity contribution in [3.05, 3.63) is 59.3 Å². The van der Waals surface area contributed by atoms with Crippen LogP contribution in [0.15, 0.2) is 36.7 Å². The van der Waals surface area contributed by atoms with Crippen LogP contribution in [0, 0.1) is 28.5 Å². The fourth-order valence-corrected chi connectivity index (χ4v) is 8.58. The van der Waals surface area contributed by atoms with E-state index < -0.39 is 49.9 Å². The van der Waals surface area contributed by atoms with Gasteiger partial charge in [0.05, 0.1) is 36.6 Å². The summed E-state index contributed by atoms with van der Waals surface area (Å²) in [6, 6.07) is 11.4. The normalized spacial score (nSPS) is 18.7. The van der Waals surface area contributed by atoms with Crippen molar-refractivity contribution >= 4 is 19.2 Å². The molecule has 14 nitrogen and oxygen atoms in total. The number of fused-ring (bicyclic) bond motifs is 1. The van der Waals surface area contributed by atoms with Gasteiger partial charge < -0.3 is 29.6 Å². The van der Waals surface area contributed by atoms with Crippen molar-refractivity contribution in [1.29, 1.82) is 10.5 Å². The second kappa shape index (κ2) is 25.6. The van der Waals surface area contributed by atoms with Gasteiger partial charge in [0.25, 0.3) is 0 Å². The maximum absolute atomic E-state index is 14.2. The van der Waals surface area contributed by atoms with E-state index in [2.05, 4.69) is 23.1 Å². The molecule has 338 valence electrons. The zero-order valence-electron chi connectivity index (χ0n) is 36.7. The van der Waals surface area contributed by atoms with Gasteiger partial charge in [-0.3, -0.25) is 9.05 Å². The highest BCUT2D eigenvalue weighted by Gasteiger charge is 2.56. The summed E-state index contributed by atoms with van der Waals surface area (Å²) < 4.78 is 64.2. The fourth-order valence-electron chi connectivity index (χ4n) is 7.80. The fraction of sp³-hybridized carbons (Fsp3) is 0.689. The number of anilines is 1. The van der Waals surface area contributed by atoms with Gasteiger partial charge in [-0.15, -0.1) is 0 Å². The number of nitrogens with zero attached hydrogens (tertiary/aromatic N) is 5. The zero-order chi connectivity index (χ0) is 44.1. The van der Waals surface area contributed by atoms with Gasteiger partial charge in [-0.2, -0.15) is 15.6 Å². The molecular formula is C45H68FN6O8P. The van der Waals surface area contributed by atoms with Crippen LogP contribution in [0.25, 0.3) is 5.52 Å². The quantitative estimate of drug-likeness (QED) is 0.0458. The molecule has 5 atom stereocenters. The molecule has 1 aliphatic rings. The summed E-state index contributed by atoms with van der Waals surface area (Å²) >= 11 is 0. The second-order valence-corrected chi connectivity index (χ2v) is 18.1. The maximum Gasteiger partial charge on any atom is 0.472 e. The average molecular weight is 871 g/mol. The number of benzene rings is 1. The molecule has 4 rings (SSSR count). The molecular weight excluding hydrogens is 803 g/mol. The molecule has 0 aliphatic carbocycles. The molecule has 16 heteroatoms. The molecule has 61 heavy (non-hydrogen) atoms. The number of hydrogen-bond donors (Lipinski definition) is 2. The average Bonchev–Trinajstić information content (AvgIpc) is 3.82. The van der Waals surface area contributed by atoms with Gasteiger partial charge in [-0.1, -0.05) is 122 Å². The third kappa shape index (κ3) is 16.3. The van der Waals surface area contributed by atoms with Crippen LogP contribution in [0.4, 0.5) is 10.2 Å². The van der Waals surface area contributed by atoms with Crippen molar-refractivity contribution < 1.29 is 41.8 Å². The van der Waals surface area contributed by atoms with Gasteiger partial charge in [-0.25, -0.2) is 18.5 Å². The number of unbranched alkanes of at least 4 members (excludes halogenated alkanes) is 17. The number of nitrogen functional groups attached to an aromatic ring is 1. The third-order valence-electron chi connectivity index (χ3n) is 11.2. The molecule has 1 aromatic carbocycles. The van der Waals surface area contributed by atoms with Gasteiger partial charge in [0.2, 0.25) is 5.60 Å². The molecule has 3 N–H and O–H groups in total. The van der Waals surface area contributed by atoms with Crippen molar-refractivity contribution in [3.8, 4) is 12.1 Å². The van der Waals surface area contributed by atoms with Crippen molar-refractivity contribution in [3.63, 3.8) is 0 Å². The van der Waals surface area contributed by atoms with E-state index in [4.69, 9.17) is 33.7 Å². The van der Waals surface area contributed by atoms with E-state index in [0.29, 0.717) is 23.2 Å². The standard InChI is InChI=1S/C45H68FN6O8P/c1-5-6-7-8-9-10-11-12-13-14-15-16-17-18-19-20-21-22-23-38(56-30-36-26-35(29-47)27-37(46)28-36)31-57-61(53,54)58-33-45(32-48,55-4)42-41(59-44(2,3)60-42)39-24-25-40-43(49)50-34-51-52(39)40/h24-28,34,38,41-42H,5-23,30-31,33H2,1-4H3,(H,53,54)(H2,49,50,51)/t38-,41-,42-,45+/m0/s1. The number of methoxy groups -OCH3 is 1. The molecule has 0 saturated carbocycles. The summed E-state index contributed by atoms with van der Waals surface area (Å²) in [7, 11) is -3.55. The van der Waals surface area contributed by atoms with Gasteiger partial charge >= 0.3 is 7.82 Å². The Hall–Kier alpha value is -3.50. The lowest BCUT2D eigenvalue weighted by Gasteiger charge is -2.33. The summed E-state index contributed by atoms with van der Waals surface area (Å²) in [6.45, 7) is 4.51.